The van der Waals surface area contributed by atoms with Crippen LogP contribution in [0.25, 0.3) is 0 Å². The highest BCUT2D eigenvalue weighted by molar-refractivity contribution is 5.95. The number of halogens is 1. The van der Waals surface area contributed by atoms with Crippen molar-refractivity contribution < 1.29 is 4.79 Å². The lowest BCUT2D eigenvalue weighted by Gasteiger charge is -2.08. The first-order chi connectivity index (χ1) is 7.65. The predicted octanol–water partition coefficient (Wildman–Crippen LogP) is 2.06. The van der Waals surface area contributed by atoms with Crippen LogP contribution < -0.4 is 10.6 Å². The Hall–Kier alpha value is -1.06. The minimum atomic E-state index is 0. The number of amides is 1. The summed E-state index contributed by atoms with van der Waals surface area (Å²) in [5.74, 6) is 0.0131. The minimum absolute atomic E-state index is 0. The Morgan fingerprint density at radius 1 is 1.24 bits per heavy atom. The lowest BCUT2D eigenvalue weighted by atomic mass is 10.1. The van der Waals surface area contributed by atoms with Gasteiger partial charge in [-0.1, -0.05) is 24.6 Å². The van der Waals surface area contributed by atoms with Gasteiger partial charge in [0.2, 0.25) is 0 Å². The molecular formula is C13H21ClN2O. The van der Waals surface area contributed by atoms with Crippen LogP contribution in [0.4, 0.5) is 0 Å². The van der Waals surface area contributed by atoms with E-state index in [1.54, 1.807) is 0 Å². The number of carbonyl (C=O) groups excluding carboxylic acids is 1. The molecule has 3 nitrogen and oxygen atoms in total. The fourth-order valence-corrected chi connectivity index (χ4v) is 1.52. The molecule has 0 fully saturated rings. The summed E-state index contributed by atoms with van der Waals surface area (Å²) in [7, 11) is 0. The molecule has 0 saturated heterocycles. The summed E-state index contributed by atoms with van der Waals surface area (Å²) < 4.78 is 0. The first kappa shape index (κ1) is 15.9. The summed E-state index contributed by atoms with van der Waals surface area (Å²) in [6, 6.07) is 5.93. The summed E-state index contributed by atoms with van der Waals surface area (Å²) >= 11 is 0. The van der Waals surface area contributed by atoms with E-state index in [-0.39, 0.29) is 18.3 Å². The topological polar surface area (TPSA) is 41.1 Å². The van der Waals surface area contributed by atoms with Crippen LogP contribution in [-0.2, 0) is 0 Å². The van der Waals surface area contributed by atoms with Crippen molar-refractivity contribution in [1.82, 2.24) is 10.6 Å². The molecule has 1 aromatic carbocycles. The zero-order chi connectivity index (χ0) is 12.0. The molecule has 0 unspecified atom stereocenters. The molecule has 1 rings (SSSR count). The Morgan fingerprint density at radius 3 is 2.59 bits per heavy atom. The number of aryl methyl sites for hydroxylation is 2. The third-order valence-electron chi connectivity index (χ3n) is 2.48. The number of hydrogen-bond donors (Lipinski definition) is 2. The molecule has 1 aromatic rings. The fourth-order valence-electron chi connectivity index (χ4n) is 1.52. The molecule has 0 heterocycles. The van der Waals surface area contributed by atoms with Crippen LogP contribution in [0.1, 0.15) is 28.4 Å². The second-order valence-corrected chi connectivity index (χ2v) is 3.93. The van der Waals surface area contributed by atoms with E-state index >= 15 is 0 Å². The van der Waals surface area contributed by atoms with Gasteiger partial charge in [0.15, 0.2) is 0 Å². The Kier molecular flexibility index (Phi) is 7.59. The second kappa shape index (κ2) is 8.09. The molecule has 0 bridgehead atoms. The van der Waals surface area contributed by atoms with Crippen molar-refractivity contribution in [3.63, 3.8) is 0 Å². The summed E-state index contributed by atoms with van der Waals surface area (Å²) in [6.07, 6.45) is 0. The summed E-state index contributed by atoms with van der Waals surface area (Å²) in [4.78, 5) is 11.8. The Balaban J connectivity index is 0.00000256. The van der Waals surface area contributed by atoms with E-state index in [0.717, 1.165) is 29.8 Å². The number of rotatable bonds is 5. The molecule has 17 heavy (non-hydrogen) atoms. The standard InChI is InChI=1S/C13H20N2O.ClH/c1-4-14-7-8-15-13(16)12-9-10(2)5-6-11(12)3;/h5-6,9,14H,4,7-8H2,1-3H3,(H,15,16);1H. The Morgan fingerprint density at radius 2 is 1.94 bits per heavy atom. The van der Waals surface area contributed by atoms with Crippen molar-refractivity contribution in [3.05, 3.63) is 34.9 Å². The van der Waals surface area contributed by atoms with Gasteiger partial charge in [0.25, 0.3) is 5.91 Å². The highest BCUT2D eigenvalue weighted by atomic mass is 35.5. The summed E-state index contributed by atoms with van der Waals surface area (Å²) in [5, 5.41) is 6.07. The average Bonchev–Trinajstić information content (AvgIpc) is 2.27. The van der Waals surface area contributed by atoms with Crippen LogP contribution in [0.5, 0.6) is 0 Å². The van der Waals surface area contributed by atoms with E-state index in [1.165, 1.54) is 0 Å². The van der Waals surface area contributed by atoms with Gasteiger partial charge in [-0.05, 0) is 32.0 Å². The molecule has 0 spiro atoms. The third kappa shape index (κ3) is 5.20. The van der Waals surface area contributed by atoms with E-state index in [4.69, 9.17) is 0 Å². The molecule has 0 aliphatic rings. The van der Waals surface area contributed by atoms with Gasteiger partial charge in [0.1, 0.15) is 0 Å². The molecule has 2 N–H and O–H groups in total. The maximum absolute atomic E-state index is 11.8. The molecule has 1 amide bonds. The minimum Gasteiger partial charge on any atom is -0.351 e. The zero-order valence-electron chi connectivity index (χ0n) is 10.7. The maximum atomic E-state index is 11.8. The molecule has 4 heteroatoms. The number of nitrogens with one attached hydrogen (secondary N) is 2. The normalized spacial score (nSPS) is 9.59. The maximum Gasteiger partial charge on any atom is 0.251 e. The van der Waals surface area contributed by atoms with Crippen LogP contribution >= 0.6 is 12.4 Å². The van der Waals surface area contributed by atoms with Gasteiger partial charge in [0, 0.05) is 18.7 Å². The van der Waals surface area contributed by atoms with E-state index < -0.39 is 0 Å². The molecular weight excluding hydrogens is 236 g/mol. The predicted molar refractivity (Wildman–Crippen MR) is 74.0 cm³/mol. The average molecular weight is 257 g/mol. The monoisotopic (exact) mass is 256 g/mol. The van der Waals surface area contributed by atoms with Gasteiger partial charge in [-0.3, -0.25) is 4.79 Å². The number of hydrogen-bond acceptors (Lipinski definition) is 2. The lowest BCUT2D eigenvalue weighted by Crippen LogP contribution is -2.32. The number of carbonyl (C=O) groups is 1. The first-order valence-corrected chi connectivity index (χ1v) is 5.71. The van der Waals surface area contributed by atoms with Crippen molar-refractivity contribution in [2.24, 2.45) is 0 Å². The molecule has 0 aliphatic carbocycles. The molecule has 0 saturated carbocycles. The van der Waals surface area contributed by atoms with Crippen molar-refractivity contribution in [2.75, 3.05) is 19.6 Å². The van der Waals surface area contributed by atoms with E-state index in [9.17, 15) is 4.79 Å². The summed E-state index contributed by atoms with van der Waals surface area (Å²) in [5.41, 5.74) is 2.91. The largest absolute Gasteiger partial charge is 0.351 e. The van der Waals surface area contributed by atoms with Crippen molar-refractivity contribution >= 4 is 18.3 Å². The third-order valence-corrected chi connectivity index (χ3v) is 2.48. The van der Waals surface area contributed by atoms with Crippen LogP contribution in [0.15, 0.2) is 18.2 Å². The van der Waals surface area contributed by atoms with Gasteiger partial charge in [-0.15, -0.1) is 12.4 Å². The van der Waals surface area contributed by atoms with Crippen LogP contribution in [0.2, 0.25) is 0 Å². The van der Waals surface area contributed by atoms with Gasteiger partial charge in [0.05, 0.1) is 0 Å². The highest BCUT2D eigenvalue weighted by Crippen LogP contribution is 2.10. The van der Waals surface area contributed by atoms with E-state index in [2.05, 4.69) is 10.6 Å². The zero-order valence-corrected chi connectivity index (χ0v) is 11.5. The number of likely N-dealkylation sites (N-methyl/N-ethyl adjacent to an activating group) is 1. The SMILES string of the molecule is CCNCCNC(=O)c1cc(C)ccc1C.Cl. The highest BCUT2D eigenvalue weighted by Gasteiger charge is 2.07. The van der Waals surface area contributed by atoms with Gasteiger partial charge in [-0.25, -0.2) is 0 Å². The first-order valence-electron chi connectivity index (χ1n) is 5.71. The summed E-state index contributed by atoms with van der Waals surface area (Å²) in [6.45, 7) is 8.41. The molecule has 96 valence electrons. The number of benzene rings is 1. The second-order valence-electron chi connectivity index (χ2n) is 3.93. The van der Waals surface area contributed by atoms with E-state index in [0.29, 0.717) is 6.54 Å². The smallest absolute Gasteiger partial charge is 0.251 e. The molecule has 0 aromatic heterocycles. The lowest BCUT2D eigenvalue weighted by molar-refractivity contribution is 0.0953. The van der Waals surface area contributed by atoms with Crippen LogP contribution in [0, 0.1) is 13.8 Å². The van der Waals surface area contributed by atoms with Crippen LogP contribution in [-0.4, -0.2) is 25.5 Å². The molecule has 0 radical (unpaired) electrons. The molecule has 0 atom stereocenters. The molecule has 0 aliphatic heterocycles. The van der Waals surface area contributed by atoms with Gasteiger partial charge < -0.3 is 10.6 Å². The Bertz CT molecular complexity index is 366. The van der Waals surface area contributed by atoms with Crippen molar-refractivity contribution in [3.8, 4) is 0 Å². The van der Waals surface area contributed by atoms with E-state index in [1.807, 2.05) is 39.0 Å². The van der Waals surface area contributed by atoms with Crippen LogP contribution in [0.3, 0.4) is 0 Å². The van der Waals surface area contributed by atoms with Gasteiger partial charge in [-0.2, -0.15) is 0 Å². The quantitative estimate of drug-likeness (QED) is 0.792. The van der Waals surface area contributed by atoms with Crippen molar-refractivity contribution in [1.29, 1.82) is 0 Å². The van der Waals surface area contributed by atoms with Gasteiger partial charge >= 0.3 is 0 Å². The fraction of sp³-hybridized carbons (Fsp3) is 0.462. The Labute approximate surface area is 109 Å². The van der Waals surface area contributed by atoms with Crippen molar-refractivity contribution in [2.45, 2.75) is 20.8 Å².